The first-order valence-corrected chi connectivity index (χ1v) is 9.11. The van der Waals surface area contributed by atoms with Crippen LogP contribution in [0.25, 0.3) is 0 Å². The Labute approximate surface area is 121 Å². The van der Waals surface area contributed by atoms with Crippen molar-refractivity contribution in [1.29, 1.82) is 0 Å². The number of nitrogens with zero attached hydrogens (tertiary/aromatic N) is 1. The molecular weight excluding hydrogens is 306 g/mol. The number of likely N-dealkylation sites (tertiary alicyclic amines) is 1. The summed E-state index contributed by atoms with van der Waals surface area (Å²) in [7, 11) is 1.57. The summed E-state index contributed by atoms with van der Waals surface area (Å²) in [6, 6.07) is 3.10. The van der Waals surface area contributed by atoms with E-state index in [0.717, 1.165) is 35.7 Å². The highest BCUT2D eigenvalue weighted by Crippen LogP contribution is 2.30. The van der Waals surface area contributed by atoms with E-state index in [1.165, 1.54) is 6.07 Å². The number of amides is 1. The standard InChI is InChI=1S/C12H16ClNO3S2/c1-12(2)5-6-14(8-12)10(15)7-9-3-4-11(18-9)19(13,16)17/h3-4H,5-8H2,1-2H3. The van der Waals surface area contributed by atoms with Gasteiger partial charge >= 0.3 is 0 Å². The average Bonchev–Trinajstić information content (AvgIpc) is 2.83. The van der Waals surface area contributed by atoms with E-state index in [1.807, 2.05) is 4.90 Å². The molecule has 19 heavy (non-hydrogen) atoms. The van der Waals surface area contributed by atoms with Gasteiger partial charge in [-0.25, -0.2) is 8.42 Å². The Morgan fingerprint density at radius 2 is 2.16 bits per heavy atom. The molecular formula is C12H16ClNO3S2. The van der Waals surface area contributed by atoms with Gasteiger partial charge in [-0.1, -0.05) is 13.8 Å². The summed E-state index contributed by atoms with van der Waals surface area (Å²) in [5.74, 6) is 0.0472. The van der Waals surface area contributed by atoms with Crippen molar-refractivity contribution < 1.29 is 13.2 Å². The van der Waals surface area contributed by atoms with E-state index in [0.29, 0.717) is 0 Å². The molecule has 106 valence electrons. The number of carbonyl (C=O) groups excluding carboxylic acids is 1. The van der Waals surface area contributed by atoms with Gasteiger partial charge < -0.3 is 4.90 Å². The summed E-state index contributed by atoms with van der Waals surface area (Å²) in [6.07, 6.45) is 1.25. The molecule has 1 aromatic rings. The van der Waals surface area contributed by atoms with Crippen molar-refractivity contribution in [3.8, 4) is 0 Å². The van der Waals surface area contributed by atoms with Crippen LogP contribution >= 0.6 is 22.0 Å². The van der Waals surface area contributed by atoms with Crippen LogP contribution in [0.1, 0.15) is 25.1 Å². The number of thiophene rings is 1. The molecule has 0 bridgehead atoms. The van der Waals surface area contributed by atoms with Crippen LogP contribution in [0.3, 0.4) is 0 Å². The summed E-state index contributed by atoms with van der Waals surface area (Å²) in [4.78, 5) is 14.7. The first-order chi connectivity index (χ1) is 8.67. The summed E-state index contributed by atoms with van der Waals surface area (Å²) >= 11 is 1.06. The molecule has 4 nitrogen and oxygen atoms in total. The number of hydrogen-bond donors (Lipinski definition) is 0. The van der Waals surface area contributed by atoms with E-state index in [-0.39, 0.29) is 22.0 Å². The molecule has 0 aromatic carbocycles. The number of hydrogen-bond acceptors (Lipinski definition) is 4. The van der Waals surface area contributed by atoms with Gasteiger partial charge in [0.15, 0.2) is 0 Å². The second-order valence-corrected chi connectivity index (χ2v) is 9.53. The van der Waals surface area contributed by atoms with Gasteiger partial charge in [0.2, 0.25) is 5.91 Å². The van der Waals surface area contributed by atoms with E-state index in [9.17, 15) is 13.2 Å². The van der Waals surface area contributed by atoms with Crippen LogP contribution in [-0.2, 0) is 20.3 Å². The molecule has 1 aromatic heterocycles. The molecule has 1 aliphatic rings. The highest BCUT2D eigenvalue weighted by atomic mass is 35.7. The maximum atomic E-state index is 12.1. The van der Waals surface area contributed by atoms with Gasteiger partial charge in [-0.05, 0) is 24.0 Å². The van der Waals surface area contributed by atoms with Gasteiger partial charge in [0.1, 0.15) is 4.21 Å². The molecule has 0 aliphatic carbocycles. The number of halogens is 1. The van der Waals surface area contributed by atoms with Crippen molar-refractivity contribution >= 4 is 37.0 Å². The lowest BCUT2D eigenvalue weighted by atomic mass is 9.93. The lowest BCUT2D eigenvalue weighted by molar-refractivity contribution is -0.129. The Morgan fingerprint density at radius 1 is 1.47 bits per heavy atom. The van der Waals surface area contributed by atoms with Crippen LogP contribution < -0.4 is 0 Å². The molecule has 0 unspecified atom stereocenters. The summed E-state index contributed by atoms with van der Waals surface area (Å²) in [5, 5.41) is 0. The average molecular weight is 322 g/mol. The molecule has 7 heteroatoms. The molecule has 1 aliphatic heterocycles. The Morgan fingerprint density at radius 3 is 2.63 bits per heavy atom. The van der Waals surface area contributed by atoms with Gasteiger partial charge in [-0.15, -0.1) is 11.3 Å². The van der Waals surface area contributed by atoms with Crippen LogP contribution in [0.5, 0.6) is 0 Å². The van der Waals surface area contributed by atoms with Gasteiger partial charge in [-0.3, -0.25) is 4.79 Å². The molecule has 0 atom stereocenters. The normalized spacial score (nSPS) is 18.8. The Balaban J connectivity index is 2.02. The van der Waals surface area contributed by atoms with Crippen LogP contribution in [-0.4, -0.2) is 32.3 Å². The van der Waals surface area contributed by atoms with Crippen LogP contribution in [0, 0.1) is 5.41 Å². The zero-order valence-corrected chi connectivity index (χ0v) is 13.2. The van der Waals surface area contributed by atoms with Crippen molar-refractivity contribution in [2.75, 3.05) is 13.1 Å². The summed E-state index contributed by atoms with van der Waals surface area (Å²) in [5.41, 5.74) is 0.176. The number of carbonyl (C=O) groups is 1. The number of rotatable bonds is 3. The fourth-order valence-corrected chi connectivity index (χ4v) is 4.28. The molecule has 2 heterocycles. The first kappa shape index (κ1) is 14.8. The molecule has 2 rings (SSSR count). The van der Waals surface area contributed by atoms with E-state index < -0.39 is 9.05 Å². The first-order valence-electron chi connectivity index (χ1n) is 5.99. The van der Waals surface area contributed by atoms with E-state index in [2.05, 4.69) is 13.8 Å². The molecule has 0 spiro atoms. The lowest BCUT2D eigenvalue weighted by Crippen LogP contribution is -2.31. The summed E-state index contributed by atoms with van der Waals surface area (Å²) < 4.78 is 22.4. The summed E-state index contributed by atoms with van der Waals surface area (Å²) in [6.45, 7) is 5.82. The van der Waals surface area contributed by atoms with Gasteiger partial charge in [0.25, 0.3) is 9.05 Å². The molecule has 0 saturated carbocycles. The van der Waals surface area contributed by atoms with Crippen molar-refractivity contribution in [3.05, 3.63) is 17.0 Å². The third-order valence-electron chi connectivity index (χ3n) is 3.23. The van der Waals surface area contributed by atoms with Gasteiger partial charge in [0, 0.05) is 28.6 Å². The van der Waals surface area contributed by atoms with E-state index in [1.54, 1.807) is 6.07 Å². The van der Waals surface area contributed by atoms with Crippen LogP contribution in [0.15, 0.2) is 16.3 Å². The third kappa shape index (κ3) is 3.70. The van der Waals surface area contributed by atoms with Crippen molar-refractivity contribution in [2.24, 2.45) is 5.41 Å². The molecule has 0 N–H and O–H groups in total. The quantitative estimate of drug-likeness (QED) is 0.804. The molecule has 1 amide bonds. The minimum absolute atomic E-state index is 0.0472. The van der Waals surface area contributed by atoms with Crippen LogP contribution in [0.4, 0.5) is 0 Å². The van der Waals surface area contributed by atoms with Crippen molar-refractivity contribution in [2.45, 2.75) is 30.9 Å². The zero-order chi connectivity index (χ0) is 14.3. The molecule has 1 fully saturated rings. The highest BCUT2D eigenvalue weighted by Gasteiger charge is 2.32. The molecule has 0 radical (unpaired) electrons. The van der Waals surface area contributed by atoms with E-state index >= 15 is 0 Å². The Bertz CT molecular complexity index is 592. The van der Waals surface area contributed by atoms with Crippen molar-refractivity contribution in [3.63, 3.8) is 0 Å². The largest absolute Gasteiger partial charge is 0.342 e. The predicted molar refractivity (Wildman–Crippen MR) is 76.0 cm³/mol. The monoisotopic (exact) mass is 321 g/mol. The fourth-order valence-electron chi connectivity index (χ4n) is 2.17. The second kappa shape index (κ2) is 5.07. The topological polar surface area (TPSA) is 54.5 Å². The smallest absolute Gasteiger partial charge is 0.270 e. The second-order valence-electron chi connectivity index (χ2n) is 5.56. The fraction of sp³-hybridized carbons (Fsp3) is 0.583. The highest BCUT2D eigenvalue weighted by molar-refractivity contribution is 8.15. The van der Waals surface area contributed by atoms with Crippen molar-refractivity contribution in [1.82, 2.24) is 4.90 Å². The SMILES string of the molecule is CC1(C)CCN(C(=O)Cc2ccc(S(=O)(=O)Cl)s2)C1. The maximum Gasteiger partial charge on any atom is 0.270 e. The Kier molecular flexibility index (Phi) is 3.95. The minimum Gasteiger partial charge on any atom is -0.342 e. The van der Waals surface area contributed by atoms with E-state index in [4.69, 9.17) is 10.7 Å². The Hall–Kier alpha value is -0.590. The lowest BCUT2D eigenvalue weighted by Gasteiger charge is -2.19. The molecule has 1 saturated heterocycles. The predicted octanol–water partition coefficient (Wildman–Crippen LogP) is 2.48. The minimum atomic E-state index is -3.69. The third-order valence-corrected chi connectivity index (χ3v) is 6.41. The van der Waals surface area contributed by atoms with Crippen LogP contribution in [0.2, 0.25) is 0 Å². The van der Waals surface area contributed by atoms with Gasteiger partial charge in [0.05, 0.1) is 6.42 Å². The zero-order valence-electron chi connectivity index (χ0n) is 10.8. The maximum absolute atomic E-state index is 12.1. The van der Waals surface area contributed by atoms with Gasteiger partial charge in [-0.2, -0.15) is 0 Å².